The molecule has 0 amide bonds. The van der Waals surface area contributed by atoms with Crippen LogP contribution in [-0.4, -0.2) is 13.7 Å². The first-order chi connectivity index (χ1) is 6.81. The molecule has 1 fully saturated rings. The van der Waals surface area contributed by atoms with E-state index in [9.17, 15) is 0 Å². The molecule has 0 radical (unpaired) electrons. The van der Waals surface area contributed by atoms with Gasteiger partial charge < -0.3 is 10.1 Å². The number of methoxy groups -OCH3 is 1. The zero-order valence-corrected chi connectivity index (χ0v) is 8.84. The maximum atomic E-state index is 5.24. The van der Waals surface area contributed by atoms with Crippen LogP contribution in [0.1, 0.15) is 30.0 Å². The number of benzene rings is 1. The Balaban J connectivity index is 2.29. The summed E-state index contributed by atoms with van der Waals surface area (Å²) in [6.07, 6.45) is 2.52. The number of hydrogen-bond donors (Lipinski definition) is 1. The van der Waals surface area contributed by atoms with Gasteiger partial charge in [-0.3, -0.25) is 0 Å². The molecule has 2 rings (SSSR count). The quantitative estimate of drug-likeness (QED) is 0.775. The zero-order valence-electron chi connectivity index (χ0n) is 8.84. The van der Waals surface area contributed by atoms with E-state index in [0.29, 0.717) is 6.04 Å². The molecule has 2 nitrogen and oxygen atoms in total. The molecule has 1 aliphatic heterocycles. The fourth-order valence-corrected chi connectivity index (χ4v) is 2.07. The van der Waals surface area contributed by atoms with Crippen LogP contribution in [0, 0.1) is 6.92 Å². The molecule has 2 heteroatoms. The number of nitrogens with one attached hydrogen (secondary N) is 1. The normalized spacial score (nSPS) is 21.1. The number of ether oxygens (including phenoxy) is 1. The van der Waals surface area contributed by atoms with Crippen LogP contribution in [0.3, 0.4) is 0 Å². The molecule has 14 heavy (non-hydrogen) atoms. The van der Waals surface area contributed by atoms with Crippen LogP contribution < -0.4 is 10.1 Å². The maximum Gasteiger partial charge on any atom is 0.119 e. The predicted octanol–water partition coefficient (Wildman–Crippen LogP) is 2.43. The Morgan fingerprint density at radius 2 is 2.29 bits per heavy atom. The van der Waals surface area contributed by atoms with Gasteiger partial charge in [-0.05, 0) is 49.6 Å². The molecule has 1 heterocycles. The molecule has 1 aromatic carbocycles. The van der Waals surface area contributed by atoms with Crippen molar-refractivity contribution in [3.63, 3.8) is 0 Å². The second-order valence-electron chi connectivity index (χ2n) is 3.87. The zero-order chi connectivity index (χ0) is 9.97. The van der Waals surface area contributed by atoms with Crippen molar-refractivity contribution in [1.82, 2.24) is 5.32 Å². The van der Waals surface area contributed by atoms with E-state index < -0.39 is 0 Å². The highest BCUT2D eigenvalue weighted by molar-refractivity contribution is 5.37. The van der Waals surface area contributed by atoms with Gasteiger partial charge in [-0.1, -0.05) is 6.07 Å². The largest absolute Gasteiger partial charge is 0.497 e. The monoisotopic (exact) mass is 191 g/mol. The first-order valence-corrected chi connectivity index (χ1v) is 5.19. The third-order valence-corrected chi connectivity index (χ3v) is 2.92. The van der Waals surface area contributed by atoms with Gasteiger partial charge in [0.2, 0.25) is 0 Å². The molecule has 0 bridgehead atoms. The van der Waals surface area contributed by atoms with Crippen LogP contribution in [-0.2, 0) is 0 Å². The van der Waals surface area contributed by atoms with E-state index >= 15 is 0 Å². The van der Waals surface area contributed by atoms with Crippen LogP contribution in [0.4, 0.5) is 0 Å². The summed E-state index contributed by atoms with van der Waals surface area (Å²) in [5.41, 5.74) is 2.74. The molecule has 76 valence electrons. The first kappa shape index (κ1) is 9.53. The highest BCUT2D eigenvalue weighted by Gasteiger charge is 2.18. The summed E-state index contributed by atoms with van der Waals surface area (Å²) in [5.74, 6) is 0.958. The molecule has 1 aliphatic rings. The van der Waals surface area contributed by atoms with Crippen molar-refractivity contribution in [1.29, 1.82) is 0 Å². The fraction of sp³-hybridized carbons (Fsp3) is 0.500. The smallest absolute Gasteiger partial charge is 0.119 e. The number of hydrogen-bond acceptors (Lipinski definition) is 2. The molecular weight excluding hydrogens is 174 g/mol. The third-order valence-electron chi connectivity index (χ3n) is 2.92. The van der Waals surface area contributed by atoms with E-state index in [2.05, 4.69) is 24.4 Å². The van der Waals surface area contributed by atoms with E-state index in [0.717, 1.165) is 12.3 Å². The Labute approximate surface area is 85.3 Å². The fourth-order valence-electron chi connectivity index (χ4n) is 2.07. The lowest BCUT2D eigenvalue weighted by Gasteiger charge is -2.14. The second kappa shape index (κ2) is 4.01. The van der Waals surface area contributed by atoms with E-state index in [4.69, 9.17) is 4.74 Å². The topological polar surface area (TPSA) is 21.3 Å². The molecule has 0 spiro atoms. The number of rotatable bonds is 2. The molecule has 1 aromatic rings. The molecule has 0 unspecified atom stereocenters. The highest BCUT2D eigenvalue weighted by atomic mass is 16.5. The van der Waals surface area contributed by atoms with Gasteiger partial charge in [-0.25, -0.2) is 0 Å². The highest BCUT2D eigenvalue weighted by Crippen LogP contribution is 2.28. The lowest BCUT2D eigenvalue weighted by Crippen LogP contribution is -2.13. The lowest BCUT2D eigenvalue weighted by molar-refractivity contribution is 0.413. The van der Waals surface area contributed by atoms with Crippen molar-refractivity contribution in [2.75, 3.05) is 13.7 Å². The summed E-state index contributed by atoms with van der Waals surface area (Å²) in [6, 6.07) is 6.84. The van der Waals surface area contributed by atoms with Gasteiger partial charge >= 0.3 is 0 Å². The van der Waals surface area contributed by atoms with Gasteiger partial charge in [-0.2, -0.15) is 0 Å². The van der Waals surface area contributed by atoms with Crippen molar-refractivity contribution in [2.24, 2.45) is 0 Å². The second-order valence-corrected chi connectivity index (χ2v) is 3.87. The first-order valence-electron chi connectivity index (χ1n) is 5.19. The Kier molecular flexibility index (Phi) is 2.73. The van der Waals surface area contributed by atoms with Gasteiger partial charge in [0.25, 0.3) is 0 Å². The summed E-state index contributed by atoms with van der Waals surface area (Å²) >= 11 is 0. The third kappa shape index (κ3) is 1.75. The summed E-state index contributed by atoms with van der Waals surface area (Å²) in [7, 11) is 1.72. The predicted molar refractivity (Wildman–Crippen MR) is 57.7 cm³/mol. The van der Waals surface area contributed by atoms with Gasteiger partial charge in [0.15, 0.2) is 0 Å². The summed E-state index contributed by atoms with van der Waals surface area (Å²) in [4.78, 5) is 0. The molecular formula is C12H17NO. The van der Waals surface area contributed by atoms with Crippen LogP contribution in [0.2, 0.25) is 0 Å². The minimum absolute atomic E-state index is 0.532. The maximum absolute atomic E-state index is 5.24. The van der Waals surface area contributed by atoms with Gasteiger partial charge in [-0.15, -0.1) is 0 Å². The van der Waals surface area contributed by atoms with E-state index in [1.54, 1.807) is 7.11 Å². The van der Waals surface area contributed by atoms with Crippen molar-refractivity contribution in [3.05, 3.63) is 29.3 Å². The molecule has 1 N–H and O–H groups in total. The Morgan fingerprint density at radius 1 is 1.43 bits per heavy atom. The standard InChI is InChI=1S/C12H17NO/c1-9-5-6-10(14-2)8-11(9)12-4-3-7-13-12/h5-6,8,12-13H,3-4,7H2,1-2H3/t12-/m0/s1. The number of aryl methyl sites for hydroxylation is 1. The minimum atomic E-state index is 0.532. The SMILES string of the molecule is COc1ccc(C)c([C@@H]2CCCN2)c1. The molecule has 0 saturated carbocycles. The average molecular weight is 191 g/mol. The van der Waals surface area contributed by atoms with Crippen LogP contribution in [0.25, 0.3) is 0 Å². The molecule has 1 atom stereocenters. The van der Waals surface area contributed by atoms with Gasteiger partial charge in [0.1, 0.15) is 5.75 Å². The molecule has 0 aliphatic carbocycles. The van der Waals surface area contributed by atoms with Crippen LogP contribution >= 0.6 is 0 Å². The molecule has 0 aromatic heterocycles. The van der Waals surface area contributed by atoms with Crippen molar-refractivity contribution in [2.45, 2.75) is 25.8 Å². The Morgan fingerprint density at radius 3 is 2.93 bits per heavy atom. The molecule has 1 saturated heterocycles. The van der Waals surface area contributed by atoms with E-state index in [-0.39, 0.29) is 0 Å². The average Bonchev–Trinajstić information content (AvgIpc) is 2.71. The Bertz CT molecular complexity index is 316. The van der Waals surface area contributed by atoms with Crippen molar-refractivity contribution < 1.29 is 4.74 Å². The minimum Gasteiger partial charge on any atom is -0.497 e. The van der Waals surface area contributed by atoms with E-state index in [1.165, 1.54) is 24.0 Å². The van der Waals surface area contributed by atoms with Crippen molar-refractivity contribution in [3.8, 4) is 5.75 Å². The van der Waals surface area contributed by atoms with Crippen LogP contribution in [0.15, 0.2) is 18.2 Å². The lowest BCUT2D eigenvalue weighted by atomic mass is 10.00. The van der Waals surface area contributed by atoms with Crippen molar-refractivity contribution >= 4 is 0 Å². The Hall–Kier alpha value is -1.02. The van der Waals surface area contributed by atoms with Crippen LogP contribution in [0.5, 0.6) is 5.75 Å². The van der Waals surface area contributed by atoms with E-state index in [1.807, 2.05) is 6.07 Å². The van der Waals surface area contributed by atoms with Gasteiger partial charge in [0.05, 0.1) is 7.11 Å². The van der Waals surface area contributed by atoms with Gasteiger partial charge in [0, 0.05) is 6.04 Å². The summed E-state index contributed by atoms with van der Waals surface area (Å²) in [5, 5.41) is 3.51. The summed E-state index contributed by atoms with van der Waals surface area (Å²) in [6.45, 7) is 3.30. The summed E-state index contributed by atoms with van der Waals surface area (Å²) < 4.78 is 5.24.